The molecule has 0 atom stereocenters. The summed E-state index contributed by atoms with van der Waals surface area (Å²) in [5, 5.41) is 1.94. The van der Waals surface area contributed by atoms with Crippen molar-refractivity contribution in [3.63, 3.8) is 0 Å². The predicted octanol–water partition coefficient (Wildman–Crippen LogP) is 3.10. The third-order valence-corrected chi connectivity index (χ3v) is 7.17. The van der Waals surface area contributed by atoms with Gasteiger partial charge in [0.1, 0.15) is 0 Å². The van der Waals surface area contributed by atoms with Gasteiger partial charge in [0.05, 0.1) is 4.90 Å². The van der Waals surface area contributed by atoms with Gasteiger partial charge in [-0.2, -0.15) is 4.31 Å². The molecule has 2 rings (SSSR count). The Labute approximate surface area is 137 Å². The molecule has 0 amide bonds. The van der Waals surface area contributed by atoms with Crippen molar-refractivity contribution in [1.82, 2.24) is 4.31 Å². The molecule has 2 aromatic rings. The summed E-state index contributed by atoms with van der Waals surface area (Å²) in [7, 11) is -1.97. The molecular weight excluding hydrogens is 372 g/mol. The zero-order valence-corrected chi connectivity index (χ0v) is 15.1. The number of halogens is 1. The summed E-state index contributed by atoms with van der Waals surface area (Å²) in [6, 6.07) is 7.36. The van der Waals surface area contributed by atoms with Crippen molar-refractivity contribution in [1.29, 1.82) is 0 Å². The van der Waals surface area contributed by atoms with Crippen LogP contribution in [0.3, 0.4) is 0 Å². The number of aryl methyl sites for hydroxylation is 1. The molecule has 0 fully saturated rings. The van der Waals surface area contributed by atoms with E-state index in [1.807, 2.05) is 30.5 Å². The summed E-state index contributed by atoms with van der Waals surface area (Å²) in [5.74, 6) is 0. The topological polar surface area (TPSA) is 63.4 Å². The van der Waals surface area contributed by atoms with Gasteiger partial charge in [0.15, 0.2) is 0 Å². The Hall–Kier alpha value is -0.730. The van der Waals surface area contributed by atoms with Gasteiger partial charge in [-0.25, -0.2) is 8.42 Å². The van der Waals surface area contributed by atoms with Gasteiger partial charge in [-0.1, -0.05) is 12.1 Å². The minimum atomic E-state index is -3.56. The van der Waals surface area contributed by atoms with Crippen LogP contribution in [0.15, 0.2) is 39.0 Å². The fourth-order valence-corrected chi connectivity index (χ4v) is 5.00. The lowest BCUT2D eigenvalue weighted by Crippen LogP contribution is -2.26. The van der Waals surface area contributed by atoms with Crippen molar-refractivity contribution >= 4 is 37.3 Å². The number of hydrogen-bond acceptors (Lipinski definition) is 4. The van der Waals surface area contributed by atoms with Crippen molar-refractivity contribution in [3.05, 3.63) is 50.1 Å². The summed E-state index contributed by atoms with van der Waals surface area (Å²) in [6.45, 7) is 2.53. The minimum absolute atomic E-state index is 0.266. The Bertz CT molecular complexity index is 728. The van der Waals surface area contributed by atoms with E-state index < -0.39 is 10.0 Å². The maximum Gasteiger partial charge on any atom is 0.244 e. The molecule has 0 saturated heterocycles. The standard InChI is InChI=1S/C14H17BrN2O2S2/c1-10-6-11(8-16)7-13(14(10)15)21(18,19)17(2)9-12-4-3-5-20-12/h3-7H,8-9,16H2,1-2H3. The van der Waals surface area contributed by atoms with Crippen molar-refractivity contribution in [2.75, 3.05) is 7.05 Å². The molecule has 1 aromatic heterocycles. The first kappa shape index (κ1) is 16.6. The average Bonchev–Trinajstić information content (AvgIpc) is 2.94. The van der Waals surface area contributed by atoms with E-state index in [0.717, 1.165) is 16.0 Å². The molecule has 1 aromatic carbocycles. The van der Waals surface area contributed by atoms with Gasteiger partial charge in [0.2, 0.25) is 10.0 Å². The fraction of sp³-hybridized carbons (Fsp3) is 0.286. The quantitative estimate of drug-likeness (QED) is 0.855. The second-order valence-electron chi connectivity index (χ2n) is 4.77. The van der Waals surface area contributed by atoms with E-state index >= 15 is 0 Å². The van der Waals surface area contributed by atoms with E-state index in [9.17, 15) is 8.42 Å². The number of rotatable bonds is 5. The Morgan fingerprint density at radius 3 is 2.67 bits per heavy atom. The van der Waals surface area contributed by atoms with Crippen LogP contribution in [0, 0.1) is 6.92 Å². The molecule has 7 heteroatoms. The van der Waals surface area contributed by atoms with Crippen LogP contribution < -0.4 is 5.73 Å². The maximum absolute atomic E-state index is 12.8. The summed E-state index contributed by atoms with van der Waals surface area (Å²) < 4.78 is 27.5. The van der Waals surface area contributed by atoms with Crippen molar-refractivity contribution < 1.29 is 8.42 Å². The predicted molar refractivity (Wildman–Crippen MR) is 89.7 cm³/mol. The van der Waals surface area contributed by atoms with E-state index in [-0.39, 0.29) is 4.90 Å². The molecule has 0 saturated carbocycles. The maximum atomic E-state index is 12.8. The molecule has 0 spiro atoms. The van der Waals surface area contributed by atoms with Crippen LogP contribution in [0.5, 0.6) is 0 Å². The molecule has 0 unspecified atom stereocenters. The Kier molecular flexibility index (Phi) is 5.21. The highest BCUT2D eigenvalue weighted by molar-refractivity contribution is 9.10. The highest BCUT2D eigenvalue weighted by Crippen LogP contribution is 2.30. The van der Waals surface area contributed by atoms with Gasteiger partial charge in [-0.15, -0.1) is 11.3 Å². The Morgan fingerprint density at radius 2 is 2.10 bits per heavy atom. The summed E-state index contributed by atoms with van der Waals surface area (Å²) >= 11 is 4.92. The first-order chi connectivity index (χ1) is 9.86. The summed E-state index contributed by atoms with van der Waals surface area (Å²) in [6.07, 6.45) is 0. The molecule has 21 heavy (non-hydrogen) atoms. The van der Waals surface area contributed by atoms with Crippen LogP contribution in [0.25, 0.3) is 0 Å². The van der Waals surface area contributed by atoms with Crippen molar-refractivity contribution in [3.8, 4) is 0 Å². The molecule has 0 radical (unpaired) electrons. The number of hydrogen-bond donors (Lipinski definition) is 1. The molecule has 4 nitrogen and oxygen atoms in total. The second-order valence-corrected chi connectivity index (χ2v) is 8.61. The first-order valence-electron chi connectivity index (χ1n) is 6.34. The molecule has 0 aliphatic rings. The highest BCUT2D eigenvalue weighted by atomic mass is 79.9. The Balaban J connectivity index is 2.41. The number of nitrogens with two attached hydrogens (primary N) is 1. The normalized spacial score (nSPS) is 12.0. The molecular formula is C14H17BrN2O2S2. The lowest BCUT2D eigenvalue weighted by molar-refractivity contribution is 0.469. The van der Waals surface area contributed by atoms with E-state index in [2.05, 4.69) is 15.9 Å². The zero-order chi connectivity index (χ0) is 15.6. The second kappa shape index (κ2) is 6.58. The molecule has 1 heterocycles. The summed E-state index contributed by atoms with van der Waals surface area (Å²) in [5.41, 5.74) is 7.31. The summed E-state index contributed by atoms with van der Waals surface area (Å²) in [4.78, 5) is 1.27. The zero-order valence-electron chi connectivity index (χ0n) is 11.8. The van der Waals surface area contributed by atoms with E-state index in [0.29, 0.717) is 17.6 Å². The van der Waals surface area contributed by atoms with Crippen LogP contribution in [0.2, 0.25) is 0 Å². The van der Waals surface area contributed by atoms with Crippen LogP contribution in [-0.4, -0.2) is 19.8 Å². The first-order valence-corrected chi connectivity index (χ1v) is 9.45. The van der Waals surface area contributed by atoms with Gasteiger partial charge in [0.25, 0.3) is 0 Å². The van der Waals surface area contributed by atoms with Crippen LogP contribution >= 0.6 is 27.3 Å². The van der Waals surface area contributed by atoms with E-state index in [1.54, 1.807) is 13.1 Å². The molecule has 0 aliphatic carbocycles. The number of nitrogens with zero attached hydrogens (tertiary/aromatic N) is 1. The smallest absolute Gasteiger partial charge is 0.244 e. The highest BCUT2D eigenvalue weighted by Gasteiger charge is 2.25. The molecule has 0 bridgehead atoms. The van der Waals surface area contributed by atoms with Crippen LogP contribution in [-0.2, 0) is 23.1 Å². The van der Waals surface area contributed by atoms with Crippen molar-refractivity contribution in [2.24, 2.45) is 5.73 Å². The molecule has 114 valence electrons. The van der Waals surface area contributed by atoms with E-state index in [1.165, 1.54) is 15.6 Å². The van der Waals surface area contributed by atoms with Gasteiger partial charge in [-0.3, -0.25) is 0 Å². The monoisotopic (exact) mass is 388 g/mol. The van der Waals surface area contributed by atoms with Gasteiger partial charge < -0.3 is 5.73 Å². The third kappa shape index (κ3) is 3.54. The minimum Gasteiger partial charge on any atom is -0.326 e. The van der Waals surface area contributed by atoms with Gasteiger partial charge in [0, 0.05) is 29.5 Å². The molecule has 0 aliphatic heterocycles. The van der Waals surface area contributed by atoms with Gasteiger partial charge in [-0.05, 0) is 51.5 Å². The average molecular weight is 389 g/mol. The largest absolute Gasteiger partial charge is 0.326 e. The number of benzene rings is 1. The number of thiophene rings is 1. The van der Waals surface area contributed by atoms with Crippen molar-refractivity contribution in [2.45, 2.75) is 24.9 Å². The molecule has 2 N–H and O–H groups in total. The Morgan fingerprint density at radius 1 is 1.38 bits per heavy atom. The van der Waals surface area contributed by atoms with E-state index in [4.69, 9.17) is 5.73 Å². The fourth-order valence-electron chi connectivity index (χ4n) is 1.99. The van der Waals surface area contributed by atoms with Crippen LogP contribution in [0.1, 0.15) is 16.0 Å². The lowest BCUT2D eigenvalue weighted by Gasteiger charge is -2.19. The SMILES string of the molecule is Cc1cc(CN)cc(S(=O)(=O)N(C)Cc2cccs2)c1Br. The number of sulfonamides is 1. The lowest BCUT2D eigenvalue weighted by atomic mass is 10.1. The van der Waals surface area contributed by atoms with Gasteiger partial charge >= 0.3 is 0 Å². The van der Waals surface area contributed by atoms with Crippen LogP contribution in [0.4, 0.5) is 0 Å². The third-order valence-electron chi connectivity index (χ3n) is 3.16.